The Morgan fingerprint density at radius 2 is 2.10 bits per heavy atom. The lowest BCUT2D eigenvalue weighted by molar-refractivity contribution is 0.750. The number of alkyl halides is 1. The molecule has 0 spiro atoms. The molecule has 3 rings (SSSR count). The van der Waals surface area contributed by atoms with E-state index in [0.717, 1.165) is 27.9 Å². The lowest BCUT2D eigenvalue weighted by Crippen LogP contribution is -2.04. The van der Waals surface area contributed by atoms with Gasteiger partial charge in [-0.15, -0.1) is 22.9 Å². The minimum absolute atomic E-state index is 0.113. The summed E-state index contributed by atoms with van der Waals surface area (Å²) in [5, 5.41) is -0.113. The van der Waals surface area contributed by atoms with Gasteiger partial charge >= 0.3 is 0 Å². The van der Waals surface area contributed by atoms with Crippen LogP contribution in [0.1, 0.15) is 33.4 Å². The molecule has 2 nitrogen and oxygen atoms in total. The summed E-state index contributed by atoms with van der Waals surface area (Å²) in [6.45, 7) is 7.11. The molecule has 0 aliphatic carbocycles. The standard InChI is InChI=1S/C16H16BrClN2S/c1-9-6-13(21-11(9)3)8-20-15-7-12(17)4-5-14(15)19-16(20)10(2)18/h4-7,10H,8H2,1-3H3. The Morgan fingerprint density at radius 3 is 2.71 bits per heavy atom. The molecular formula is C16H16BrClN2S. The van der Waals surface area contributed by atoms with Gasteiger partial charge in [-0.2, -0.15) is 0 Å². The molecule has 0 radical (unpaired) electrons. The van der Waals surface area contributed by atoms with E-state index in [0.29, 0.717) is 0 Å². The summed E-state index contributed by atoms with van der Waals surface area (Å²) in [6.07, 6.45) is 0. The highest BCUT2D eigenvalue weighted by Crippen LogP contribution is 2.29. The number of imidazole rings is 1. The third-order valence-electron chi connectivity index (χ3n) is 3.63. The second kappa shape index (κ2) is 5.75. The van der Waals surface area contributed by atoms with Crippen LogP contribution < -0.4 is 0 Å². The van der Waals surface area contributed by atoms with E-state index >= 15 is 0 Å². The normalized spacial score (nSPS) is 13.0. The first-order chi connectivity index (χ1) is 9.95. The fourth-order valence-corrected chi connectivity index (χ4v) is 4.03. The second-order valence-corrected chi connectivity index (χ2v) is 8.17. The van der Waals surface area contributed by atoms with E-state index in [9.17, 15) is 0 Å². The number of benzene rings is 1. The maximum Gasteiger partial charge on any atom is 0.128 e. The molecule has 5 heteroatoms. The number of halogens is 2. The van der Waals surface area contributed by atoms with Gasteiger partial charge in [0.2, 0.25) is 0 Å². The van der Waals surface area contributed by atoms with Crippen LogP contribution in [0.15, 0.2) is 28.7 Å². The number of nitrogens with zero attached hydrogens (tertiary/aromatic N) is 2. The largest absolute Gasteiger partial charge is 0.321 e. The summed E-state index contributed by atoms with van der Waals surface area (Å²) in [4.78, 5) is 7.40. The Kier molecular flexibility index (Phi) is 4.12. The molecule has 0 aliphatic rings. The van der Waals surface area contributed by atoms with Crippen molar-refractivity contribution in [3.63, 3.8) is 0 Å². The highest BCUT2D eigenvalue weighted by Gasteiger charge is 2.16. The molecule has 3 aromatic rings. The van der Waals surface area contributed by atoms with Gasteiger partial charge in [0.05, 0.1) is 23.0 Å². The molecule has 0 aliphatic heterocycles. The minimum atomic E-state index is -0.113. The van der Waals surface area contributed by atoms with Gasteiger partial charge in [0.15, 0.2) is 0 Å². The average Bonchev–Trinajstić information content (AvgIpc) is 2.92. The van der Waals surface area contributed by atoms with Gasteiger partial charge in [-0.25, -0.2) is 4.98 Å². The number of aromatic nitrogens is 2. The minimum Gasteiger partial charge on any atom is -0.321 e. The summed E-state index contributed by atoms with van der Waals surface area (Å²) in [5.41, 5.74) is 3.46. The maximum absolute atomic E-state index is 6.33. The molecular weight excluding hydrogens is 368 g/mol. The summed E-state index contributed by atoms with van der Waals surface area (Å²) in [7, 11) is 0. The predicted octanol–water partition coefficient (Wildman–Crippen LogP) is 5.83. The first kappa shape index (κ1) is 15.1. The van der Waals surface area contributed by atoms with Crippen molar-refractivity contribution in [2.75, 3.05) is 0 Å². The number of rotatable bonds is 3. The zero-order valence-electron chi connectivity index (χ0n) is 12.2. The zero-order valence-corrected chi connectivity index (χ0v) is 15.3. The first-order valence-corrected chi connectivity index (χ1v) is 8.86. The maximum atomic E-state index is 6.33. The van der Waals surface area contributed by atoms with Gasteiger partial charge in [0, 0.05) is 14.2 Å². The van der Waals surface area contributed by atoms with E-state index in [4.69, 9.17) is 16.6 Å². The van der Waals surface area contributed by atoms with E-state index in [1.807, 2.05) is 30.4 Å². The van der Waals surface area contributed by atoms with Gasteiger partial charge in [0.25, 0.3) is 0 Å². The highest BCUT2D eigenvalue weighted by molar-refractivity contribution is 9.10. The van der Waals surface area contributed by atoms with Gasteiger partial charge in [-0.3, -0.25) is 0 Å². The topological polar surface area (TPSA) is 17.8 Å². The van der Waals surface area contributed by atoms with E-state index in [1.165, 1.54) is 15.3 Å². The fourth-order valence-electron chi connectivity index (χ4n) is 2.47. The van der Waals surface area contributed by atoms with Crippen molar-refractivity contribution >= 4 is 49.9 Å². The summed E-state index contributed by atoms with van der Waals surface area (Å²) >= 11 is 11.7. The summed E-state index contributed by atoms with van der Waals surface area (Å²) in [5.74, 6) is 0.925. The summed E-state index contributed by atoms with van der Waals surface area (Å²) < 4.78 is 3.28. The molecule has 0 fully saturated rings. The highest BCUT2D eigenvalue weighted by atomic mass is 79.9. The Morgan fingerprint density at radius 1 is 1.33 bits per heavy atom. The number of aryl methyl sites for hydroxylation is 2. The third kappa shape index (κ3) is 2.89. The number of hydrogen-bond acceptors (Lipinski definition) is 2. The van der Waals surface area contributed by atoms with Crippen molar-refractivity contribution in [3.05, 3.63) is 49.9 Å². The van der Waals surface area contributed by atoms with E-state index < -0.39 is 0 Å². The molecule has 2 heterocycles. The van der Waals surface area contributed by atoms with Crippen LogP contribution in [0.25, 0.3) is 11.0 Å². The van der Waals surface area contributed by atoms with Gasteiger partial charge in [0.1, 0.15) is 5.82 Å². The SMILES string of the molecule is Cc1cc(Cn2c(C(C)Cl)nc3ccc(Br)cc32)sc1C. The van der Waals surface area contributed by atoms with Crippen molar-refractivity contribution < 1.29 is 0 Å². The van der Waals surface area contributed by atoms with Gasteiger partial charge < -0.3 is 4.57 Å². The van der Waals surface area contributed by atoms with E-state index in [1.54, 1.807) is 0 Å². The van der Waals surface area contributed by atoms with Crippen LogP contribution in [0.2, 0.25) is 0 Å². The van der Waals surface area contributed by atoms with Crippen LogP contribution in [-0.2, 0) is 6.54 Å². The molecule has 2 aromatic heterocycles. The van der Waals surface area contributed by atoms with Crippen molar-refractivity contribution in [3.8, 4) is 0 Å². The van der Waals surface area contributed by atoms with Crippen LogP contribution in [0.4, 0.5) is 0 Å². The van der Waals surface area contributed by atoms with Crippen LogP contribution in [0.3, 0.4) is 0 Å². The molecule has 1 aromatic carbocycles. The molecule has 0 N–H and O–H groups in total. The monoisotopic (exact) mass is 382 g/mol. The smallest absolute Gasteiger partial charge is 0.128 e. The quantitative estimate of drug-likeness (QED) is 0.521. The third-order valence-corrected chi connectivity index (χ3v) is 5.45. The van der Waals surface area contributed by atoms with Crippen molar-refractivity contribution in [1.29, 1.82) is 0 Å². The lowest BCUT2D eigenvalue weighted by atomic mass is 10.2. The molecule has 110 valence electrons. The second-order valence-electron chi connectivity index (χ2n) is 5.26. The Bertz CT molecular complexity index is 785. The molecule has 1 unspecified atom stereocenters. The number of thiophene rings is 1. The molecule has 0 saturated heterocycles. The van der Waals surface area contributed by atoms with E-state index in [-0.39, 0.29) is 5.38 Å². The zero-order chi connectivity index (χ0) is 15.1. The lowest BCUT2D eigenvalue weighted by Gasteiger charge is -2.09. The Balaban J connectivity index is 2.14. The molecule has 21 heavy (non-hydrogen) atoms. The number of hydrogen-bond donors (Lipinski definition) is 0. The van der Waals surface area contributed by atoms with Crippen LogP contribution in [0.5, 0.6) is 0 Å². The van der Waals surface area contributed by atoms with Crippen molar-refractivity contribution in [1.82, 2.24) is 9.55 Å². The molecule has 0 saturated carbocycles. The molecule has 1 atom stereocenters. The Hall–Kier alpha value is -0.840. The van der Waals surface area contributed by atoms with E-state index in [2.05, 4.69) is 46.5 Å². The first-order valence-electron chi connectivity index (χ1n) is 6.81. The van der Waals surface area contributed by atoms with Crippen LogP contribution >= 0.6 is 38.9 Å². The fraction of sp³-hybridized carbons (Fsp3) is 0.312. The Labute approximate surface area is 141 Å². The molecule has 0 amide bonds. The average molecular weight is 384 g/mol. The van der Waals surface area contributed by atoms with Crippen molar-refractivity contribution in [2.45, 2.75) is 32.7 Å². The van der Waals surface area contributed by atoms with Gasteiger partial charge in [-0.05, 0) is 50.6 Å². The van der Waals surface area contributed by atoms with Crippen LogP contribution in [-0.4, -0.2) is 9.55 Å². The number of fused-ring (bicyclic) bond motifs is 1. The van der Waals surface area contributed by atoms with Crippen LogP contribution in [0, 0.1) is 13.8 Å². The molecule has 0 bridgehead atoms. The summed E-state index contributed by atoms with van der Waals surface area (Å²) in [6, 6.07) is 8.41. The van der Waals surface area contributed by atoms with Gasteiger partial charge in [-0.1, -0.05) is 15.9 Å². The van der Waals surface area contributed by atoms with Crippen molar-refractivity contribution in [2.24, 2.45) is 0 Å². The predicted molar refractivity (Wildman–Crippen MR) is 94.6 cm³/mol.